The van der Waals surface area contributed by atoms with Crippen molar-refractivity contribution in [2.45, 2.75) is 38.8 Å². The zero-order valence-electron chi connectivity index (χ0n) is 16.9. The van der Waals surface area contributed by atoms with Crippen LogP contribution in [-0.2, 0) is 19.1 Å². The molecule has 1 heterocycles. The Labute approximate surface area is 171 Å². The zero-order valence-corrected chi connectivity index (χ0v) is 16.9. The van der Waals surface area contributed by atoms with Gasteiger partial charge in [-0.25, -0.2) is 9.79 Å². The number of cyclic esters (lactones) is 1. The highest BCUT2D eigenvalue weighted by Crippen LogP contribution is 2.35. The lowest BCUT2D eigenvalue weighted by Crippen LogP contribution is -2.48. The van der Waals surface area contributed by atoms with Gasteiger partial charge in [0, 0.05) is 12.5 Å². The first-order valence-corrected chi connectivity index (χ1v) is 9.69. The molecule has 0 fully saturated rings. The Hall–Kier alpha value is -3.21. The van der Waals surface area contributed by atoms with E-state index in [1.165, 1.54) is 6.92 Å². The van der Waals surface area contributed by atoms with Gasteiger partial charge >= 0.3 is 11.9 Å². The van der Waals surface area contributed by atoms with Crippen molar-refractivity contribution in [1.29, 1.82) is 0 Å². The molecule has 2 atom stereocenters. The smallest absolute Gasteiger partial charge is 0.345 e. The maximum Gasteiger partial charge on any atom is 0.345 e. The van der Waals surface area contributed by atoms with Crippen molar-refractivity contribution in [2.24, 2.45) is 10.9 Å². The Kier molecular flexibility index (Phi) is 6.27. The second-order valence-corrected chi connectivity index (χ2v) is 7.49. The van der Waals surface area contributed by atoms with Crippen LogP contribution in [0.5, 0.6) is 0 Å². The van der Waals surface area contributed by atoms with Crippen molar-refractivity contribution in [1.82, 2.24) is 0 Å². The van der Waals surface area contributed by atoms with E-state index in [0.29, 0.717) is 12.0 Å². The molecule has 0 spiro atoms. The largest absolute Gasteiger partial charge is 0.455 e. The molecular formula is C24H25NO4. The highest BCUT2D eigenvalue weighted by Gasteiger charge is 2.53. The fourth-order valence-corrected chi connectivity index (χ4v) is 3.41. The van der Waals surface area contributed by atoms with Crippen molar-refractivity contribution in [2.75, 3.05) is 0 Å². The molecule has 2 aromatic carbocycles. The number of hydrogen-bond acceptors (Lipinski definition) is 5. The molecule has 0 saturated heterocycles. The van der Waals surface area contributed by atoms with Crippen molar-refractivity contribution in [3.63, 3.8) is 0 Å². The number of carbonyl (C=O) groups is 2. The second kappa shape index (κ2) is 8.86. The van der Waals surface area contributed by atoms with Crippen LogP contribution >= 0.6 is 0 Å². The lowest BCUT2D eigenvalue weighted by atomic mass is 9.84. The topological polar surface area (TPSA) is 65.0 Å². The summed E-state index contributed by atoms with van der Waals surface area (Å²) in [6, 6.07) is 18.9. The minimum Gasteiger partial charge on any atom is -0.455 e. The fraction of sp³-hybridized carbons (Fsp3) is 0.292. The van der Waals surface area contributed by atoms with E-state index in [4.69, 9.17) is 14.5 Å². The van der Waals surface area contributed by atoms with E-state index < -0.39 is 23.6 Å². The lowest BCUT2D eigenvalue weighted by Gasteiger charge is -2.30. The molecule has 0 unspecified atom stereocenters. The number of hydrogen-bond donors (Lipinski definition) is 0. The summed E-state index contributed by atoms with van der Waals surface area (Å²) in [6.07, 6.45) is 3.06. The first kappa shape index (κ1) is 20.5. The van der Waals surface area contributed by atoms with Gasteiger partial charge in [-0.1, -0.05) is 68.5 Å². The summed E-state index contributed by atoms with van der Waals surface area (Å²) in [5.74, 6) is -0.605. The van der Waals surface area contributed by atoms with Gasteiger partial charge in [-0.05, 0) is 36.1 Å². The third kappa shape index (κ3) is 4.80. The standard InChI is InChI=1S/C24H25NO4/c1-17(2)16-24(23(27)29-22(25-24)20-12-8-5-9-13-20)21(28-18(3)26)15-14-19-10-6-4-7-11-19/h4-15,17,21H,16H2,1-3H3/b15-14+/t21-,24-/m0/s1. The summed E-state index contributed by atoms with van der Waals surface area (Å²) in [5.41, 5.74) is 0.319. The monoisotopic (exact) mass is 391 g/mol. The first-order valence-electron chi connectivity index (χ1n) is 9.69. The van der Waals surface area contributed by atoms with Gasteiger partial charge in [0.05, 0.1) is 0 Å². The molecule has 1 aliphatic heterocycles. The molecule has 150 valence electrons. The molecule has 0 amide bonds. The Morgan fingerprint density at radius 1 is 1.10 bits per heavy atom. The molecule has 1 aliphatic rings. The molecule has 5 heteroatoms. The second-order valence-electron chi connectivity index (χ2n) is 7.49. The molecule has 0 aliphatic carbocycles. The van der Waals surface area contributed by atoms with Gasteiger partial charge in [0.25, 0.3) is 0 Å². The zero-order chi connectivity index (χ0) is 20.9. The van der Waals surface area contributed by atoms with Crippen molar-refractivity contribution < 1.29 is 19.1 Å². The SMILES string of the molecule is CC(=O)O[C@@H](/C=C/c1ccccc1)[C@]1(CC(C)C)N=C(c2ccccc2)OC1=O. The summed E-state index contributed by atoms with van der Waals surface area (Å²) >= 11 is 0. The highest BCUT2D eigenvalue weighted by atomic mass is 16.6. The van der Waals surface area contributed by atoms with Gasteiger partial charge in [-0.3, -0.25) is 4.79 Å². The number of carbonyl (C=O) groups excluding carboxylic acids is 2. The molecule has 5 nitrogen and oxygen atoms in total. The molecule has 2 aromatic rings. The van der Waals surface area contributed by atoms with Gasteiger partial charge in [0.2, 0.25) is 11.4 Å². The van der Waals surface area contributed by atoms with E-state index in [0.717, 1.165) is 5.56 Å². The van der Waals surface area contributed by atoms with Crippen molar-refractivity contribution >= 4 is 23.9 Å². The quantitative estimate of drug-likeness (QED) is 0.656. The van der Waals surface area contributed by atoms with Gasteiger partial charge in [-0.15, -0.1) is 0 Å². The summed E-state index contributed by atoms with van der Waals surface area (Å²) < 4.78 is 11.1. The van der Waals surface area contributed by atoms with E-state index >= 15 is 0 Å². The normalized spacial score (nSPS) is 19.9. The number of aliphatic imine (C=N–C) groups is 1. The van der Waals surface area contributed by atoms with Gasteiger partial charge in [0.1, 0.15) is 0 Å². The predicted molar refractivity (Wildman–Crippen MR) is 112 cm³/mol. The Balaban J connectivity index is 2.05. The molecule has 0 aromatic heterocycles. The Morgan fingerprint density at radius 3 is 2.31 bits per heavy atom. The van der Waals surface area contributed by atoms with Crippen LogP contribution in [0.3, 0.4) is 0 Å². The van der Waals surface area contributed by atoms with Crippen molar-refractivity contribution in [3.05, 3.63) is 77.9 Å². The summed E-state index contributed by atoms with van der Waals surface area (Å²) in [6.45, 7) is 5.32. The molecule has 29 heavy (non-hydrogen) atoms. The number of esters is 2. The molecule has 0 saturated carbocycles. The van der Waals surface area contributed by atoms with Crippen LogP contribution in [0.4, 0.5) is 0 Å². The van der Waals surface area contributed by atoms with Crippen LogP contribution in [-0.4, -0.2) is 29.5 Å². The van der Waals surface area contributed by atoms with Gasteiger partial charge < -0.3 is 9.47 Å². The van der Waals surface area contributed by atoms with E-state index in [9.17, 15) is 9.59 Å². The minimum absolute atomic E-state index is 0.129. The van der Waals surface area contributed by atoms with Crippen LogP contribution in [0.1, 0.15) is 38.3 Å². The van der Waals surface area contributed by atoms with Gasteiger partial charge in [-0.2, -0.15) is 0 Å². The molecular weight excluding hydrogens is 366 g/mol. The predicted octanol–water partition coefficient (Wildman–Crippen LogP) is 4.42. The van der Waals surface area contributed by atoms with Crippen LogP contribution in [0.2, 0.25) is 0 Å². The number of ether oxygens (including phenoxy) is 2. The number of benzene rings is 2. The molecule has 3 rings (SSSR count). The summed E-state index contributed by atoms with van der Waals surface area (Å²) in [7, 11) is 0. The van der Waals surface area contributed by atoms with Gasteiger partial charge in [0.15, 0.2) is 6.10 Å². The first-order chi connectivity index (χ1) is 13.9. The molecule has 0 bridgehead atoms. The number of nitrogens with zero attached hydrogens (tertiary/aromatic N) is 1. The maximum atomic E-state index is 13.1. The average Bonchev–Trinajstić information content (AvgIpc) is 3.03. The minimum atomic E-state index is -1.32. The highest BCUT2D eigenvalue weighted by molar-refractivity contribution is 6.08. The van der Waals surface area contributed by atoms with Crippen LogP contribution < -0.4 is 0 Å². The maximum absolute atomic E-state index is 13.1. The molecule has 0 radical (unpaired) electrons. The van der Waals surface area contributed by atoms with E-state index in [2.05, 4.69) is 0 Å². The van der Waals surface area contributed by atoms with Crippen LogP contribution in [0.25, 0.3) is 6.08 Å². The third-order valence-corrected chi connectivity index (χ3v) is 4.61. The van der Waals surface area contributed by atoms with E-state index in [1.54, 1.807) is 6.08 Å². The number of rotatable bonds is 7. The molecule has 0 N–H and O–H groups in total. The average molecular weight is 391 g/mol. The summed E-state index contributed by atoms with van der Waals surface area (Å²) in [5, 5.41) is 0. The van der Waals surface area contributed by atoms with Crippen LogP contribution in [0.15, 0.2) is 71.7 Å². The van der Waals surface area contributed by atoms with Crippen molar-refractivity contribution in [3.8, 4) is 0 Å². The fourth-order valence-electron chi connectivity index (χ4n) is 3.41. The lowest BCUT2D eigenvalue weighted by molar-refractivity contribution is -0.153. The van der Waals surface area contributed by atoms with Crippen LogP contribution in [0, 0.1) is 5.92 Å². The Bertz CT molecular complexity index is 918. The third-order valence-electron chi connectivity index (χ3n) is 4.61. The summed E-state index contributed by atoms with van der Waals surface area (Å²) in [4.78, 5) is 29.6. The van der Waals surface area contributed by atoms with E-state index in [-0.39, 0.29) is 11.8 Å². The Morgan fingerprint density at radius 2 is 1.72 bits per heavy atom. The van der Waals surface area contributed by atoms with E-state index in [1.807, 2.05) is 80.6 Å².